The molecule has 0 unspecified atom stereocenters. The lowest BCUT2D eigenvalue weighted by Crippen LogP contribution is -2.43. The molecule has 2 amide bonds. The minimum atomic E-state index is -0.567. The third-order valence-electron chi connectivity index (χ3n) is 6.41. The van der Waals surface area contributed by atoms with Crippen LogP contribution in [-0.2, 0) is 11.3 Å². The molecule has 2 N–H and O–H groups in total. The highest BCUT2D eigenvalue weighted by molar-refractivity contribution is 6.08. The summed E-state index contributed by atoms with van der Waals surface area (Å²) in [5.41, 5.74) is 10.3. The van der Waals surface area contributed by atoms with Gasteiger partial charge in [-0.05, 0) is 30.0 Å². The molecule has 0 radical (unpaired) electrons. The topological polar surface area (TPSA) is 118 Å². The Morgan fingerprint density at radius 3 is 2.22 bits per heavy atom. The molecule has 3 aromatic carbocycles. The summed E-state index contributed by atoms with van der Waals surface area (Å²) in [5, 5.41) is 18.2. The molecular formula is C29H29N5O3. The molecule has 1 fully saturated rings. The van der Waals surface area contributed by atoms with Crippen LogP contribution in [0.3, 0.4) is 0 Å². The molecule has 0 aliphatic heterocycles. The Hall–Kier alpha value is -4.55. The SMILES string of the molecule is [N-]=[N+]=Nc1ccccc1C(=O)N(Cc1ccccc1)/C(C(=O)NC1CCCCC1)=C(/O)c1ccccc1. The van der Waals surface area contributed by atoms with Gasteiger partial charge in [0.05, 0.1) is 12.2 Å². The lowest BCUT2D eigenvalue weighted by molar-refractivity contribution is -0.119. The molecule has 188 valence electrons. The fourth-order valence-corrected chi connectivity index (χ4v) is 4.55. The fraction of sp³-hybridized carbons (Fsp3) is 0.241. The van der Waals surface area contributed by atoms with Crippen molar-refractivity contribution in [3.63, 3.8) is 0 Å². The number of azide groups is 1. The van der Waals surface area contributed by atoms with Crippen LogP contribution in [0, 0.1) is 0 Å². The van der Waals surface area contributed by atoms with Crippen LogP contribution in [0.5, 0.6) is 0 Å². The first-order valence-corrected chi connectivity index (χ1v) is 12.4. The Balaban J connectivity index is 1.85. The Labute approximate surface area is 215 Å². The highest BCUT2D eigenvalue weighted by Gasteiger charge is 2.31. The quantitative estimate of drug-likeness (QED) is 0.120. The number of aliphatic hydroxyl groups is 1. The second-order valence-electron chi connectivity index (χ2n) is 8.96. The average Bonchev–Trinajstić information content (AvgIpc) is 2.94. The molecule has 37 heavy (non-hydrogen) atoms. The van der Waals surface area contributed by atoms with Crippen LogP contribution in [0.25, 0.3) is 16.2 Å². The van der Waals surface area contributed by atoms with Crippen LogP contribution in [-0.4, -0.2) is 27.9 Å². The Bertz CT molecular complexity index is 1310. The Kier molecular flexibility index (Phi) is 8.57. The van der Waals surface area contributed by atoms with Gasteiger partial charge in [-0.15, -0.1) is 0 Å². The molecule has 0 atom stereocenters. The predicted molar refractivity (Wildman–Crippen MR) is 143 cm³/mol. The number of benzene rings is 3. The van der Waals surface area contributed by atoms with Crippen molar-refractivity contribution >= 4 is 23.3 Å². The number of nitrogens with one attached hydrogen (secondary N) is 1. The summed E-state index contributed by atoms with van der Waals surface area (Å²) < 4.78 is 0. The van der Waals surface area contributed by atoms with Gasteiger partial charge in [-0.3, -0.25) is 14.5 Å². The number of carbonyl (C=O) groups is 2. The number of carbonyl (C=O) groups excluding carboxylic acids is 2. The van der Waals surface area contributed by atoms with Crippen molar-refractivity contribution in [1.29, 1.82) is 0 Å². The zero-order valence-electron chi connectivity index (χ0n) is 20.5. The smallest absolute Gasteiger partial charge is 0.272 e. The highest BCUT2D eigenvalue weighted by atomic mass is 16.3. The molecule has 8 heteroatoms. The third-order valence-corrected chi connectivity index (χ3v) is 6.41. The molecule has 0 aromatic heterocycles. The van der Waals surface area contributed by atoms with E-state index in [1.54, 1.807) is 42.5 Å². The van der Waals surface area contributed by atoms with Crippen molar-refractivity contribution in [3.05, 3.63) is 118 Å². The lowest BCUT2D eigenvalue weighted by Gasteiger charge is -2.29. The van der Waals surface area contributed by atoms with E-state index in [2.05, 4.69) is 15.3 Å². The molecule has 8 nitrogen and oxygen atoms in total. The monoisotopic (exact) mass is 495 g/mol. The van der Waals surface area contributed by atoms with Gasteiger partial charge >= 0.3 is 0 Å². The first kappa shape index (κ1) is 25.5. The van der Waals surface area contributed by atoms with Gasteiger partial charge in [-0.25, -0.2) is 0 Å². The summed E-state index contributed by atoms with van der Waals surface area (Å²) in [7, 11) is 0. The van der Waals surface area contributed by atoms with E-state index < -0.39 is 11.8 Å². The Morgan fingerprint density at radius 2 is 1.54 bits per heavy atom. The minimum Gasteiger partial charge on any atom is -0.505 e. The number of amides is 2. The maximum atomic E-state index is 14.0. The van der Waals surface area contributed by atoms with Crippen LogP contribution in [0.2, 0.25) is 0 Å². The van der Waals surface area contributed by atoms with Gasteiger partial charge in [0.25, 0.3) is 11.8 Å². The predicted octanol–water partition coefficient (Wildman–Crippen LogP) is 6.65. The summed E-state index contributed by atoms with van der Waals surface area (Å²) in [5.74, 6) is -1.40. The van der Waals surface area contributed by atoms with Gasteiger partial charge in [-0.1, -0.05) is 103 Å². The van der Waals surface area contributed by atoms with E-state index in [1.807, 2.05) is 36.4 Å². The van der Waals surface area contributed by atoms with Gasteiger partial charge in [0, 0.05) is 22.1 Å². The van der Waals surface area contributed by atoms with E-state index in [1.165, 1.54) is 11.0 Å². The standard InChI is InChI=1S/C29H29N5O3/c30-33-32-25-19-11-10-18-24(25)29(37)34(20-21-12-4-1-5-13-21)26(27(35)22-14-6-2-7-15-22)28(36)31-23-16-8-3-9-17-23/h1-2,4-7,10-15,18-19,23,35H,3,8-9,16-17,20H2,(H,31,36)/b27-26+. The number of hydrogen-bond acceptors (Lipinski definition) is 4. The van der Waals surface area contributed by atoms with E-state index in [4.69, 9.17) is 5.53 Å². The van der Waals surface area contributed by atoms with Gasteiger partial charge in [0.15, 0.2) is 11.5 Å². The van der Waals surface area contributed by atoms with Crippen LogP contribution >= 0.6 is 0 Å². The maximum Gasteiger partial charge on any atom is 0.272 e. The van der Waals surface area contributed by atoms with Crippen LogP contribution in [0.1, 0.15) is 53.6 Å². The van der Waals surface area contributed by atoms with Gasteiger partial charge in [-0.2, -0.15) is 0 Å². The number of hydrogen-bond donors (Lipinski definition) is 2. The molecule has 0 bridgehead atoms. The zero-order chi connectivity index (χ0) is 26.0. The highest BCUT2D eigenvalue weighted by Crippen LogP contribution is 2.28. The first-order valence-electron chi connectivity index (χ1n) is 12.4. The van der Waals surface area contributed by atoms with E-state index in [0.29, 0.717) is 5.56 Å². The van der Waals surface area contributed by atoms with E-state index in [0.717, 1.165) is 37.7 Å². The minimum absolute atomic E-state index is 0.0224. The number of nitrogens with zero attached hydrogens (tertiary/aromatic N) is 4. The van der Waals surface area contributed by atoms with E-state index in [-0.39, 0.29) is 35.3 Å². The number of rotatable bonds is 8. The van der Waals surface area contributed by atoms with Crippen molar-refractivity contribution in [3.8, 4) is 0 Å². The van der Waals surface area contributed by atoms with Gasteiger partial charge in [0.1, 0.15) is 0 Å². The summed E-state index contributed by atoms with van der Waals surface area (Å²) in [4.78, 5) is 31.9. The summed E-state index contributed by atoms with van der Waals surface area (Å²) in [6, 6.07) is 24.3. The molecule has 0 heterocycles. The van der Waals surface area contributed by atoms with Crippen molar-refractivity contribution < 1.29 is 14.7 Å². The normalized spacial score (nSPS) is 14.2. The maximum absolute atomic E-state index is 14.0. The van der Waals surface area contributed by atoms with Crippen molar-refractivity contribution in [1.82, 2.24) is 10.2 Å². The summed E-state index contributed by atoms with van der Waals surface area (Å²) in [6.45, 7) is 0.0224. The second-order valence-corrected chi connectivity index (χ2v) is 8.96. The van der Waals surface area contributed by atoms with E-state index >= 15 is 0 Å². The van der Waals surface area contributed by atoms with Crippen LogP contribution in [0.15, 0.2) is 95.7 Å². The summed E-state index contributed by atoms with van der Waals surface area (Å²) in [6.07, 6.45) is 4.84. The van der Waals surface area contributed by atoms with Gasteiger partial charge in [0.2, 0.25) is 0 Å². The molecular weight excluding hydrogens is 466 g/mol. The largest absolute Gasteiger partial charge is 0.505 e. The van der Waals surface area contributed by atoms with Crippen molar-refractivity contribution in [2.24, 2.45) is 5.11 Å². The third kappa shape index (κ3) is 6.37. The molecule has 1 saturated carbocycles. The van der Waals surface area contributed by atoms with Crippen LogP contribution < -0.4 is 5.32 Å². The zero-order valence-corrected chi connectivity index (χ0v) is 20.5. The second kappa shape index (κ2) is 12.4. The van der Waals surface area contributed by atoms with E-state index in [9.17, 15) is 14.7 Å². The van der Waals surface area contributed by atoms with Gasteiger partial charge < -0.3 is 10.4 Å². The molecule has 0 spiro atoms. The Morgan fingerprint density at radius 1 is 0.919 bits per heavy atom. The van der Waals surface area contributed by atoms with Crippen molar-refractivity contribution in [2.45, 2.75) is 44.7 Å². The molecule has 0 saturated heterocycles. The molecule has 4 rings (SSSR count). The number of aliphatic hydroxyl groups excluding tert-OH is 1. The molecule has 3 aromatic rings. The average molecular weight is 496 g/mol. The summed E-state index contributed by atoms with van der Waals surface area (Å²) >= 11 is 0. The van der Waals surface area contributed by atoms with Crippen molar-refractivity contribution in [2.75, 3.05) is 0 Å². The first-order chi connectivity index (χ1) is 18.1. The lowest BCUT2D eigenvalue weighted by atomic mass is 9.95. The fourth-order valence-electron chi connectivity index (χ4n) is 4.55. The van der Waals surface area contributed by atoms with Crippen LogP contribution in [0.4, 0.5) is 5.69 Å². The molecule has 1 aliphatic rings. The molecule has 1 aliphatic carbocycles.